The first-order chi connectivity index (χ1) is 8.75. The Balaban J connectivity index is 1.68. The van der Waals surface area contributed by atoms with Crippen molar-refractivity contribution < 1.29 is 0 Å². The summed E-state index contributed by atoms with van der Waals surface area (Å²) >= 11 is 0. The number of nitrogens with zero attached hydrogens (tertiary/aromatic N) is 3. The zero-order valence-corrected chi connectivity index (χ0v) is 10.9. The van der Waals surface area contributed by atoms with Crippen molar-refractivity contribution in [3.8, 4) is 0 Å². The van der Waals surface area contributed by atoms with Gasteiger partial charge in [-0.3, -0.25) is 0 Å². The Hall–Kier alpha value is -1.58. The molecule has 3 rings (SSSR count). The summed E-state index contributed by atoms with van der Waals surface area (Å²) in [4.78, 5) is 4.54. The van der Waals surface area contributed by atoms with Gasteiger partial charge in [0, 0.05) is 18.8 Å². The SMILES string of the molecule is CC1(CNc2ccn3nccc3n2)CCCCC1. The van der Waals surface area contributed by atoms with Crippen LogP contribution in [0.3, 0.4) is 0 Å². The van der Waals surface area contributed by atoms with Crippen molar-refractivity contribution >= 4 is 11.5 Å². The molecule has 0 atom stereocenters. The summed E-state index contributed by atoms with van der Waals surface area (Å²) in [6.07, 6.45) is 10.5. The van der Waals surface area contributed by atoms with Gasteiger partial charge in [0.15, 0.2) is 5.65 Å². The highest BCUT2D eigenvalue weighted by atomic mass is 15.2. The highest BCUT2D eigenvalue weighted by Gasteiger charge is 2.26. The lowest BCUT2D eigenvalue weighted by molar-refractivity contribution is 0.233. The average molecular weight is 244 g/mol. The Kier molecular flexibility index (Phi) is 2.94. The van der Waals surface area contributed by atoms with Gasteiger partial charge >= 0.3 is 0 Å². The van der Waals surface area contributed by atoms with E-state index in [1.165, 1.54) is 32.1 Å². The summed E-state index contributed by atoms with van der Waals surface area (Å²) in [5.41, 5.74) is 1.33. The van der Waals surface area contributed by atoms with Crippen molar-refractivity contribution in [2.24, 2.45) is 5.41 Å². The molecule has 2 aromatic heterocycles. The Morgan fingerprint density at radius 3 is 2.94 bits per heavy atom. The van der Waals surface area contributed by atoms with Crippen LogP contribution in [0.4, 0.5) is 5.82 Å². The topological polar surface area (TPSA) is 42.2 Å². The van der Waals surface area contributed by atoms with Crippen molar-refractivity contribution in [3.05, 3.63) is 24.5 Å². The van der Waals surface area contributed by atoms with Gasteiger partial charge < -0.3 is 5.32 Å². The van der Waals surface area contributed by atoms with Gasteiger partial charge in [-0.1, -0.05) is 26.2 Å². The third kappa shape index (κ3) is 2.33. The summed E-state index contributed by atoms with van der Waals surface area (Å²) in [6.45, 7) is 3.40. The van der Waals surface area contributed by atoms with E-state index in [-0.39, 0.29) is 0 Å². The molecule has 0 unspecified atom stereocenters. The van der Waals surface area contributed by atoms with Crippen molar-refractivity contribution in [1.82, 2.24) is 14.6 Å². The van der Waals surface area contributed by atoms with E-state index in [1.807, 2.05) is 18.3 Å². The minimum absolute atomic E-state index is 0.437. The second-order valence-corrected chi connectivity index (χ2v) is 5.67. The number of rotatable bonds is 3. The maximum absolute atomic E-state index is 4.54. The molecule has 96 valence electrons. The van der Waals surface area contributed by atoms with Crippen molar-refractivity contribution in [2.45, 2.75) is 39.0 Å². The highest BCUT2D eigenvalue weighted by molar-refractivity contribution is 5.45. The third-order valence-electron chi connectivity index (χ3n) is 4.01. The summed E-state index contributed by atoms with van der Waals surface area (Å²) in [7, 11) is 0. The van der Waals surface area contributed by atoms with Crippen LogP contribution in [-0.2, 0) is 0 Å². The van der Waals surface area contributed by atoms with E-state index in [4.69, 9.17) is 0 Å². The van der Waals surface area contributed by atoms with Crippen molar-refractivity contribution in [2.75, 3.05) is 11.9 Å². The fourth-order valence-electron chi connectivity index (χ4n) is 2.80. The molecule has 4 nitrogen and oxygen atoms in total. The zero-order valence-electron chi connectivity index (χ0n) is 10.9. The van der Waals surface area contributed by atoms with Gasteiger partial charge in [-0.25, -0.2) is 9.50 Å². The van der Waals surface area contributed by atoms with E-state index in [0.717, 1.165) is 18.0 Å². The van der Waals surface area contributed by atoms with Gasteiger partial charge in [-0.05, 0) is 24.3 Å². The van der Waals surface area contributed by atoms with Gasteiger partial charge in [0.1, 0.15) is 5.82 Å². The normalized spacial score (nSPS) is 18.9. The molecule has 4 heteroatoms. The predicted molar refractivity (Wildman–Crippen MR) is 72.7 cm³/mol. The largest absolute Gasteiger partial charge is 0.369 e. The molecule has 18 heavy (non-hydrogen) atoms. The second kappa shape index (κ2) is 4.59. The second-order valence-electron chi connectivity index (χ2n) is 5.67. The van der Waals surface area contributed by atoms with Crippen LogP contribution in [0.1, 0.15) is 39.0 Å². The van der Waals surface area contributed by atoms with Crippen molar-refractivity contribution in [3.63, 3.8) is 0 Å². The predicted octanol–water partition coefficient (Wildman–Crippen LogP) is 3.11. The Labute approximate surface area is 107 Å². The smallest absolute Gasteiger partial charge is 0.157 e. The Bertz CT molecular complexity index is 525. The number of fused-ring (bicyclic) bond motifs is 1. The van der Waals surface area contributed by atoms with Crippen LogP contribution in [0.25, 0.3) is 5.65 Å². The molecule has 1 fully saturated rings. The van der Waals surface area contributed by atoms with Crippen LogP contribution in [0.2, 0.25) is 0 Å². The fraction of sp³-hybridized carbons (Fsp3) is 0.571. The quantitative estimate of drug-likeness (QED) is 0.902. The first-order valence-electron chi connectivity index (χ1n) is 6.80. The van der Waals surface area contributed by atoms with Crippen LogP contribution in [0.15, 0.2) is 24.5 Å². The van der Waals surface area contributed by atoms with Gasteiger partial charge in [0.2, 0.25) is 0 Å². The van der Waals surface area contributed by atoms with Crippen LogP contribution in [-0.4, -0.2) is 21.1 Å². The number of nitrogens with one attached hydrogen (secondary N) is 1. The van der Waals surface area contributed by atoms with Crippen LogP contribution in [0.5, 0.6) is 0 Å². The fourth-order valence-corrected chi connectivity index (χ4v) is 2.80. The van der Waals surface area contributed by atoms with Crippen LogP contribution >= 0.6 is 0 Å². The van der Waals surface area contributed by atoms with Gasteiger partial charge in [-0.15, -0.1) is 0 Å². The van der Waals surface area contributed by atoms with E-state index in [9.17, 15) is 0 Å². The molecule has 0 bridgehead atoms. The first kappa shape index (κ1) is 11.5. The molecule has 0 aromatic carbocycles. The molecule has 1 aliphatic carbocycles. The minimum Gasteiger partial charge on any atom is -0.369 e. The van der Waals surface area contributed by atoms with Gasteiger partial charge in [-0.2, -0.15) is 5.10 Å². The lowest BCUT2D eigenvalue weighted by atomic mass is 9.76. The van der Waals surface area contributed by atoms with E-state index >= 15 is 0 Å². The molecular formula is C14H20N4. The Morgan fingerprint density at radius 2 is 2.11 bits per heavy atom. The van der Waals surface area contributed by atoms with E-state index in [1.54, 1.807) is 10.7 Å². The molecule has 1 N–H and O–H groups in total. The number of hydrogen-bond donors (Lipinski definition) is 1. The van der Waals surface area contributed by atoms with Gasteiger partial charge in [0.05, 0.1) is 6.20 Å². The molecule has 2 aromatic rings. The maximum atomic E-state index is 4.54. The molecule has 0 radical (unpaired) electrons. The van der Waals surface area contributed by atoms with Crippen molar-refractivity contribution in [1.29, 1.82) is 0 Å². The number of aromatic nitrogens is 3. The number of hydrogen-bond acceptors (Lipinski definition) is 3. The standard InChI is InChI=1S/C14H20N4/c1-14(7-3-2-4-8-14)11-15-12-6-10-18-13(17-12)5-9-16-18/h5-6,9-10H,2-4,7-8,11H2,1H3,(H,15,17). The molecule has 1 aliphatic rings. The summed E-state index contributed by atoms with van der Waals surface area (Å²) in [5.74, 6) is 0.954. The number of anilines is 1. The molecule has 0 aliphatic heterocycles. The molecule has 0 spiro atoms. The van der Waals surface area contributed by atoms with E-state index in [2.05, 4.69) is 22.3 Å². The lowest BCUT2D eigenvalue weighted by Crippen LogP contribution is -2.29. The highest BCUT2D eigenvalue weighted by Crippen LogP contribution is 2.35. The molecule has 2 heterocycles. The molecule has 1 saturated carbocycles. The maximum Gasteiger partial charge on any atom is 0.157 e. The van der Waals surface area contributed by atoms with Gasteiger partial charge in [0.25, 0.3) is 0 Å². The van der Waals surface area contributed by atoms with E-state index < -0.39 is 0 Å². The minimum atomic E-state index is 0.437. The first-order valence-corrected chi connectivity index (χ1v) is 6.80. The lowest BCUT2D eigenvalue weighted by Gasteiger charge is -2.33. The zero-order chi connectivity index (χ0) is 12.4. The Morgan fingerprint density at radius 1 is 1.28 bits per heavy atom. The monoisotopic (exact) mass is 244 g/mol. The molecular weight excluding hydrogens is 224 g/mol. The summed E-state index contributed by atoms with van der Waals surface area (Å²) < 4.78 is 1.79. The summed E-state index contributed by atoms with van der Waals surface area (Å²) in [5, 5.41) is 7.63. The molecule has 0 amide bonds. The summed E-state index contributed by atoms with van der Waals surface area (Å²) in [6, 6.07) is 3.92. The van der Waals surface area contributed by atoms with Crippen LogP contribution in [0, 0.1) is 5.41 Å². The molecule has 0 saturated heterocycles. The third-order valence-corrected chi connectivity index (χ3v) is 4.01. The van der Waals surface area contributed by atoms with E-state index in [0.29, 0.717) is 5.41 Å². The van der Waals surface area contributed by atoms with Crippen LogP contribution < -0.4 is 5.32 Å². The average Bonchev–Trinajstić information content (AvgIpc) is 2.85.